The Morgan fingerprint density at radius 2 is 2.50 bits per heavy atom. The minimum absolute atomic E-state index is 0.163. The predicted octanol–water partition coefficient (Wildman–Crippen LogP) is 1.38. The van der Waals surface area contributed by atoms with Gasteiger partial charge in [-0.1, -0.05) is 0 Å². The Bertz CT molecular complexity index is 301. The highest BCUT2D eigenvalue weighted by Gasteiger charge is 2.03. The first-order chi connectivity index (χ1) is 6.74. The molecule has 1 heterocycles. The van der Waals surface area contributed by atoms with Gasteiger partial charge in [0.05, 0.1) is 6.61 Å². The van der Waals surface area contributed by atoms with Crippen LogP contribution in [-0.2, 0) is 16.1 Å². The van der Waals surface area contributed by atoms with Crippen molar-refractivity contribution < 1.29 is 9.53 Å². The van der Waals surface area contributed by atoms with Crippen LogP contribution in [0.4, 0.5) is 0 Å². The molecule has 0 radical (unpaired) electrons. The van der Waals surface area contributed by atoms with Crippen molar-refractivity contribution in [2.75, 3.05) is 6.61 Å². The number of aryl methyl sites for hydroxylation is 1. The number of rotatable bonds is 5. The molecule has 0 spiro atoms. The number of nitrogens with zero attached hydrogens (tertiary/aromatic N) is 3. The van der Waals surface area contributed by atoms with Gasteiger partial charge in [-0.2, -0.15) is 5.10 Å². The molecule has 0 aliphatic heterocycles. The number of halogens is 1. The summed E-state index contributed by atoms with van der Waals surface area (Å²) in [6, 6.07) is 0. The molecule has 1 rings (SSSR count). The van der Waals surface area contributed by atoms with Crippen LogP contribution in [-0.4, -0.2) is 27.3 Å². The average Bonchev–Trinajstić information content (AvgIpc) is 2.52. The van der Waals surface area contributed by atoms with Crippen LogP contribution in [0, 0.1) is 0 Å². The average molecular weight is 262 g/mol. The number of ether oxygens (including phenoxy) is 1. The maximum absolute atomic E-state index is 11.0. The van der Waals surface area contributed by atoms with E-state index < -0.39 is 0 Å². The monoisotopic (exact) mass is 261 g/mol. The van der Waals surface area contributed by atoms with E-state index in [4.69, 9.17) is 4.74 Å². The molecule has 0 aliphatic carbocycles. The Morgan fingerprint density at radius 1 is 1.71 bits per heavy atom. The van der Waals surface area contributed by atoms with Gasteiger partial charge in [0, 0.05) is 13.0 Å². The van der Waals surface area contributed by atoms with Crippen LogP contribution in [0.3, 0.4) is 0 Å². The number of hydrogen-bond donors (Lipinski definition) is 0. The van der Waals surface area contributed by atoms with Gasteiger partial charge in [-0.3, -0.25) is 4.79 Å². The molecule has 78 valence electrons. The quantitative estimate of drug-likeness (QED) is 0.752. The zero-order chi connectivity index (χ0) is 10.4. The van der Waals surface area contributed by atoms with Gasteiger partial charge in [-0.05, 0) is 29.3 Å². The molecular weight excluding hydrogens is 250 g/mol. The molecule has 0 saturated carbocycles. The highest BCUT2D eigenvalue weighted by Crippen LogP contribution is 2.05. The van der Waals surface area contributed by atoms with Crippen LogP contribution >= 0.6 is 15.9 Å². The van der Waals surface area contributed by atoms with Gasteiger partial charge in [0.2, 0.25) is 0 Å². The SMILES string of the molecule is CCOC(=O)CCCn1ncnc1Br. The lowest BCUT2D eigenvalue weighted by atomic mass is 10.3. The molecule has 0 atom stereocenters. The molecule has 0 N–H and O–H groups in total. The molecule has 5 nitrogen and oxygen atoms in total. The second kappa shape index (κ2) is 5.74. The Morgan fingerprint density at radius 3 is 3.07 bits per heavy atom. The minimum atomic E-state index is -0.163. The first kappa shape index (κ1) is 11.2. The lowest BCUT2D eigenvalue weighted by Crippen LogP contribution is -2.07. The molecular formula is C8H12BrN3O2. The van der Waals surface area contributed by atoms with Crippen molar-refractivity contribution >= 4 is 21.9 Å². The fourth-order valence-corrected chi connectivity index (χ4v) is 1.37. The summed E-state index contributed by atoms with van der Waals surface area (Å²) >= 11 is 3.24. The zero-order valence-electron chi connectivity index (χ0n) is 7.94. The summed E-state index contributed by atoms with van der Waals surface area (Å²) in [5.41, 5.74) is 0. The zero-order valence-corrected chi connectivity index (χ0v) is 9.53. The van der Waals surface area contributed by atoms with Crippen molar-refractivity contribution in [3.05, 3.63) is 11.1 Å². The number of aromatic nitrogens is 3. The van der Waals surface area contributed by atoms with E-state index in [1.165, 1.54) is 6.33 Å². The number of esters is 1. The second-order valence-corrected chi connectivity index (χ2v) is 3.37. The molecule has 0 aromatic carbocycles. The first-order valence-electron chi connectivity index (χ1n) is 4.43. The van der Waals surface area contributed by atoms with Crippen molar-refractivity contribution in [1.29, 1.82) is 0 Å². The van der Waals surface area contributed by atoms with Crippen molar-refractivity contribution in [3.63, 3.8) is 0 Å². The van der Waals surface area contributed by atoms with Crippen LogP contribution in [0.5, 0.6) is 0 Å². The van der Waals surface area contributed by atoms with Crippen LogP contribution < -0.4 is 0 Å². The number of carbonyl (C=O) groups excluding carboxylic acids is 1. The predicted molar refractivity (Wildman–Crippen MR) is 53.6 cm³/mol. The summed E-state index contributed by atoms with van der Waals surface area (Å²) in [6.45, 7) is 2.90. The molecule has 0 aliphatic rings. The van der Waals surface area contributed by atoms with Crippen molar-refractivity contribution in [1.82, 2.24) is 14.8 Å². The van der Waals surface area contributed by atoms with Crippen LogP contribution in [0.15, 0.2) is 11.1 Å². The van der Waals surface area contributed by atoms with Gasteiger partial charge in [0.25, 0.3) is 0 Å². The van der Waals surface area contributed by atoms with Crippen LogP contribution in [0.2, 0.25) is 0 Å². The first-order valence-corrected chi connectivity index (χ1v) is 5.22. The molecule has 1 aromatic rings. The normalized spacial score (nSPS) is 10.1. The van der Waals surface area contributed by atoms with Gasteiger partial charge < -0.3 is 4.74 Å². The van der Waals surface area contributed by atoms with E-state index >= 15 is 0 Å². The molecule has 0 fully saturated rings. The maximum atomic E-state index is 11.0. The summed E-state index contributed by atoms with van der Waals surface area (Å²) in [5.74, 6) is -0.163. The van der Waals surface area contributed by atoms with E-state index in [0.29, 0.717) is 30.7 Å². The Kier molecular flexibility index (Phi) is 4.58. The van der Waals surface area contributed by atoms with Gasteiger partial charge in [0.1, 0.15) is 6.33 Å². The molecule has 0 saturated heterocycles. The largest absolute Gasteiger partial charge is 0.466 e. The van der Waals surface area contributed by atoms with E-state index in [1.54, 1.807) is 11.6 Å². The maximum Gasteiger partial charge on any atom is 0.305 e. The van der Waals surface area contributed by atoms with E-state index in [1.807, 2.05) is 0 Å². The second-order valence-electron chi connectivity index (χ2n) is 2.66. The molecule has 1 aromatic heterocycles. The molecule has 14 heavy (non-hydrogen) atoms. The van der Waals surface area contributed by atoms with Crippen LogP contribution in [0.1, 0.15) is 19.8 Å². The van der Waals surface area contributed by atoms with Gasteiger partial charge >= 0.3 is 5.97 Å². The molecule has 0 amide bonds. The fraction of sp³-hybridized carbons (Fsp3) is 0.625. The molecule has 6 heteroatoms. The summed E-state index contributed by atoms with van der Waals surface area (Å²) in [6.07, 6.45) is 2.59. The third-order valence-corrected chi connectivity index (χ3v) is 2.24. The van der Waals surface area contributed by atoms with Gasteiger partial charge in [-0.25, -0.2) is 9.67 Å². The van der Waals surface area contributed by atoms with E-state index in [9.17, 15) is 4.79 Å². The summed E-state index contributed by atoms with van der Waals surface area (Å²) in [7, 11) is 0. The highest BCUT2D eigenvalue weighted by atomic mass is 79.9. The van der Waals surface area contributed by atoms with Crippen molar-refractivity contribution in [2.45, 2.75) is 26.3 Å². The lowest BCUT2D eigenvalue weighted by Gasteiger charge is -2.02. The lowest BCUT2D eigenvalue weighted by molar-refractivity contribution is -0.143. The van der Waals surface area contributed by atoms with E-state index in [2.05, 4.69) is 26.0 Å². The highest BCUT2D eigenvalue weighted by molar-refractivity contribution is 9.10. The number of hydrogen-bond acceptors (Lipinski definition) is 4. The van der Waals surface area contributed by atoms with Crippen molar-refractivity contribution in [2.24, 2.45) is 0 Å². The van der Waals surface area contributed by atoms with Crippen molar-refractivity contribution in [3.8, 4) is 0 Å². The summed E-state index contributed by atoms with van der Waals surface area (Å²) in [4.78, 5) is 14.9. The summed E-state index contributed by atoms with van der Waals surface area (Å²) in [5, 5.41) is 3.97. The Labute approximate surface area is 90.6 Å². The van der Waals surface area contributed by atoms with E-state index in [0.717, 1.165) is 0 Å². The topological polar surface area (TPSA) is 57.0 Å². The van der Waals surface area contributed by atoms with Crippen LogP contribution in [0.25, 0.3) is 0 Å². The molecule has 0 unspecified atom stereocenters. The smallest absolute Gasteiger partial charge is 0.305 e. The summed E-state index contributed by atoms with van der Waals surface area (Å²) < 4.78 is 7.17. The minimum Gasteiger partial charge on any atom is -0.466 e. The van der Waals surface area contributed by atoms with Gasteiger partial charge in [0.15, 0.2) is 4.73 Å². The number of carbonyl (C=O) groups is 1. The van der Waals surface area contributed by atoms with E-state index in [-0.39, 0.29) is 5.97 Å². The Hall–Kier alpha value is -0.910. The third-order valence-electron chi connectivity index (χ3n) is 1.62. The third kappa shape index (κ3) is 3.45. The molecule has 0 bridgehead atoms. The standard InChI is InChI=1S/C8H12BrN3O2/c1-2-14-7(13)4-3-5-12-8(9)10-6-11-12/h6H,2-5H2,1H3. The van der Waals surface area contributed by atoms with Gasteiger partial charge in [-0.15, -0.1) is 0 Å². The fourth-order valence-electron chi connectivity index (χ4n) is 1.01. The Balaban J connectivity index is 2.22.